The quantitative estimate of drug-likeness (QED) is 0.621. The number of thiazole rings is 1. The van der Waals surface area contributed by atoms with E-state index >= 15 is 0 Å². The number of hydrogen-bond donors (Lipinski definition) is 1. The summed E-state index contributed by atoms with van der Waals surface area (Å²) in [5, 5.41) is 3.17. The number of para-hydroxylation sites is 1. The number of carbonyl (C=O) groups is 1. The van der Waals surface area contributed by atoms with Gasteiger partial charge in [0.05, 0.1) is 26.5 Å². The molecule has 1 aliphatic rings. The molecule has 3 heterocycles. The highest BCUT2D eigenvalue weighted by Gasteiger charge is 2.32. The van der Waals surface area contributed by atoms with Crippen molar-refractivity contribution in [2.75, 3.05) is 43.6 Å². The zero-order chi connectivity index (χ0) is 22.0. The zero-order valence-corrected chi connectivity index (χ0v) is 18.3. The molecule has 4 rings (SSSR count). The van der Waals surface area contributed by atoms with E-state index in [2.05, 4.69) is 20.2 Å². The number of amides is 1. The summed E-state index contributed by atoms with van der Waals surface area (Å²) in [5.41, 5.74) is -0.706. The van der Waals surface area contributed by atoms with E-state index in [0.717, 1.165) is 23.6 Å². The van der Waals surface area contributed by atoms with Gasteiger partial charge in [0.15, 0.2) is 28.0 Å². The molecule has 164 valence electrons. The predicted octanol–water partition coefficient (Wildman–Crippen LogP) is 3.47. The molecule has 8 nitrogen and oxygen atoms in total. The third kappa shape index (κ3) is 4.40. The molecule has 1 fully saturated rings. The number of morpholine rings is 1. The molecule has 1 N–H and O–H groups in total. The van der Waals surface area contributed by atoms with E-state index < -0.39 is 17.3 Å². The second-order valence-corrected chi connectivity index (χ2v) is 8.44. The summed E-state index contributed by atoms with van der Waals surface area (Å²) < 4.78 is 31.2. The van der Waals surface area contributed by atoms with Crippen molar-refractivity contribution in [3.63, 3.8) is 0 Å². The highest BCUT2D eigenvalue weighted by molar-refractivity contribution is 7.23. The minimum Gasteiger partial charge on any atom is -0.493 e. The standard InChI is InChI=1S/C21H23FN4O4S/c1-21(2,30-14-7-5-4-6-13(14)22)19(27)25-20-24-16-15(28-3)12-23-18(17(16)31-20)26-8-10-29-11-9-26/h4-7,12H,8-11H2,1-3H3,(H,24,25,27). The van der Waals surface area contributed by atoms with Crippen molar-refractivity contribution in [3.05, 3.63) is 36.3 Å². The lowest BCUT2D eigenvalue weighted by Crippen LogP contribution is -2.42. The number of ether oxygens (including phenoxy) is 3. The van der Waals surface area contributed by atoms with E-state index in [1.807, 2.05) is 0 Å². The van der Waals surface area contributed by atoms with Gasteiger partial charge >= 0.3 is 0 Å². The van der Waals surface area contributed by atoms with Crippen LogP contribution in [0.4, 0.5) is 15.3 Å². The molecule has 0 atom stereocenters. The maximum Gasteiger partial charge on any atom is 0.269 e. The molecule has 0 aliphatic carbocycles. The minimum absolute atomic E-state index is 0.00687. The number of hydrogen-bond acceptors (Lipinski definition) is 8. The second kappa shape index (κ2) is 8.64. The van der Waals surface area contributed by atoms with Crippen molar-refractivity contribution in [2.45, 2.75) is 19.4 Å². The molecular weight excluding hydrogens is 423 g/mol. The molecule has 0 bridgehead atoms. The first kappa shape index (κ1) is 21.3. The van der Waals surface area contributed by atoms with Gasteiger partial charge in [0.1, 0.15) is 16.0 Å². The maximum atomic E-state index is 14.0. The van der Waals surface area contributed by atoms with E-state index in [1.54, 1.807) is 39.3 Å². The number of methoxy groups -OCH3 is 1. The van der Waals surface area contributed by atoms with Gasteiger partial charge in [-0.15, -0.1) is 0 Å². The summed E-state index contributed by atoms with van der Waals surface area (Å²) in [6, 6.07) is 5.97. The lowest BCUT2D eigenvalue weighted by molar-refractivity contribution is -0.128. The van der Waals surface area contributed by atoms with Crippen LogP contribution in [0.2, 0.25) is 0 Å². The van der Waals surface area contributed by atoms with Crippen LogP contribution in [0.1, 0.15) is 13.8 Å². The Kier molecular flexibility index (Phi) is 5.92. The van der Waals surface area contributed by atoms with Gasteiger partial charge in [0, 0.05) is 13.1 Å². The van der Waals surface area contributed by atoms with Crippen LogP contribution >= 0.6 is 11.3 Å². The molecule has 10 heteroatoms. The normalized spacial score (nSPS) is 14.5. The number of nitrogens with zero attached hydrogens (tertiary/aromatic N) is 3. The van der Waals surface area contributed by atoms with E-state index in [0.29, 0.717) is 29.6 Å². The number of anilines is 2. The van der Waals surface area contributed by atoms with Crippen molar-refractivity contribution in [2.24, 2.45) is 0 Å². The van der Waals surface area contributed by atoms with Crippen LogP contribution in [0, 0.1) is 5.82 Å². The molecule has 3 aromatic rings. The number of halogens is 1. The Bertz CT molecular complexity index is 1100. The van der Waals surface area contributed by atoms with Crippen molar-refractivity contribution in [1.82, 2.24) is 9.97 Å². The molecule has 1 amide bonds. The summed E-state index contributed by atoms with van der Waals surface area (Å²) in [6.45, 7) is 5.83. The zero-order valence-electron chi connectivity index (χ0n) is 17.5. The Morgan fingerprint density at radius 2 is 2.00 bits per heavy atom. The highest BCUT2D eigenvalue weighted by Crippen LogP contribution is 2.38. The molecule has 1 saturated heterocycles. The second-order valence-electron chi connectivity index (χ2n) is 7.44. The summed E-state index contributed by atoms with van der Waals surface area (Å²) in [4.78, 5) is 24.1. The fourth-order valence-electron chi connectivity index (χ4n) is 3.18. The fraction of sp³-hybridized carbons (Fsp3) is 0.381. The number of nitrogens with one attached hydrogen (secondary N) is 1. The minimum atomic E-state index is -1.32. The van der Waals surface area contributed by atoms with Gasteiger partial charge in [-0.2, -0.15) is 0 Å². The average molecular weight is 447 g/mol. The molecule has 31 heavy (non-hydrogen) atoms. The van der Waals surface area contributed by atoms with E-state index in [-0.39, 0.29) is 5.75 Å². The van der Waals surface area contributed by atoms with E-state index in [1.165, 1.54) is 23.5 Å². The third-order valence-electron chi connectivity index (χ3n) is 4.87. The van der Waals surface area contributed by atoms with Crippen LogP contribution in [0.3, 0.4) is 0 Å². The largest absolute Gasteiger partial charge is 0.493 e. The van der Waals surface area contributed by atoms with Crippen molar-refractivity contribution < 1.29 is 23.4 Å². The number of benzene rings is 1. The molecule has 1 aromatic carbocycles. The summed E-state index contributed by atoms with van der Waals surface area (Å²) in [7, 11) is 1.55. The van der Waals surface area contributed by atoms with Crippen molar-refractivity contribution >= 4 is 38.4 Å². The first-order valence-electron chi connectivity index (χ1n) is 9.80. The Morgan fingerprint density at radius 1 is 1.26 bits per heavy atom. The molecule has 0 unspecified atom stereocenters. The number of pyridine rings is 1. The monoisotopic (exact) mass is 446 g/mol. The Morgan fingerprint density at radius 3 is 2.71 bits per heavy atom. The molecule has 2 aromatic heterocycles. The number of carbonyl (C=O) groups excluding carboxylic acids is 1. The Balaban J connectivity index is 1.60. The molecule has 1 aliphatic heterocycles. The van der Waals surface area contributed by atoms with Crippen LogP contribution < -0.4 is 19.7 Å². The molecular formula is C21H23FN4O4S. The highest BCUT2D eigenvalue weighted by atomic mass is 32.1. The van der Waals surface area contributed by atoms with Gasteiger partial charge in [0.25, 0.3) is 5.91 Å². The fourth-order valence-corrected chi connectivity index (χ4v) is 4.17. The topological polar surface area (TPSA) is 85.8 Å². The van der Waals surface area contributed by atoms with Gasteiger partial charge in [-0.3, -0.25) is 10.1 Å². The Labute approximate surface area is 183 Å². The van der Waals surface area contributed by atoms with Gasteiger partial charge in [-0.1, -0.05) is 23.5 Å². The van der Waals surface area contributed by atoms with Gasteiger partial charge in [-0.05, 0) is 26.0 Å². The predicted molar refractivity (Wildman–Crippen MR) is 117 cm³/mol. The van der Waals surface area contributed by atoms with Crippen LogP contribution in [-0.2, 0) is 9.53 Å². The molecule has 0 radical (unpaired) electrons. The summed E-state index contributed by atoms with van der Waals surface area (Å²) in [6.07, 6.45) is 1.63. The average Bonchev–Trinajstić information content (AvgIpc) is 3.18. The van der Waals surface area contributed by atoms with Gasteiger partial charge in [-0.25, -0.2) is 14.4 Å². The van der Waals surface area contributed by atoms with Crippen molar-refractivity contribution in [3.8, 4) is 11.5 Å². The number of fused-ring (bicyclic) bond motifs is 1. The number of aromatic nitrogens is 2. The van der Waals surface area contributed by atoms with Crippen LogP contribution in [0.25, 0.3) is 10.2 Å². The SMILES string of the molecule is COc1cnc(N2CCOCC2)c2sc(NC(=O)C(C)(C)Oc3ccccc3F)nc12. The van der Waals surface area contributed by atoms with E-state index in [4.69, 9.17) is 14.2 Å². The van der Waals surface area contributed by atoms with Crippen molar-refractivity contribution in [1.29, 1.82) is 0 Å². The lowest BCUT2D eigenvalue weighted by Gasteiger charge is -2.28. The van der Waals surface area contributed by atoms with Crippen LogP contribution in [-0.4, -0.2) is 54.9 Å². The number of rotatable bonds is 6. The first-order valence-corrected chi connectivity index (χ1v) is 10.6. The molecule has 0 saturated carbocycles. The third-order valence-corrected chi connectivity index (χ3v) is 5.83. The van der Waals surface area contributed by atoms with Gasteiger partial charge < -0.3 is 19.1 Å². The maximum absolute atomic E-state index is 14.0. The Hall–Kier alpha value is -2.98. The summed E-state index contributed by atoms with van der Waals surface area (Å²) >= 11 is 1.30. The molecule has 0 spiro atoms. The smallest absolute Gasteiger partial charge is 0.269 e. The summed E-state index contributed by atoms with van der Waals surface area (Å²) in [5.74, 6) is 0.320. The lowest BCUT2D eigenvalue weighted by atomic mass is 10.1. The van der Waals surface area contributed by atoms with Gasteiger partial charge in [0.2, 0.25) is 0 Å². The van der Waals surface area contributed by atoms with Crippen LogP contribution in [0.15, 0.2) is 30.5 Å². The van der Waals surface area contributed by atoms with E-state index in [9.17, 15) is 9.18 Å². The first-order chi connectivity index (χ1) is 14.9. The van der Waals surface area contributed by atoms with Crippen LogP contribution in [0.5, 0.6) is 11.5 Å².